The van der Waals surface area contributed by atoms with Gasteiger partial charge in [0.05, 0.1) is 5.66 Å². The van der Waals surface area contributed by atoms with E-state index in [1.165, 1.54) is 13.0 Å². The van der Waals surface area contributed by atoms with E-state index in [1.807, 2.05) is 0 Å². The maximum absolute atomic E-state index is 11.0. The molecule has 0 rings (SSSR count). The molecule has 0 aliphatic heterocycles. The van der Waals surface area contributed by atoms with Gasteiger partial charge in [-0.05, 0) is 13.3 Å². The van der Waals surface area contributed by atoms with E-state index in [1.54, 1.807) is 0 Å². The van der Waals surface area contributed by atoms with Crippen LogP contribution in [-0.2, 0) is 14.1 Å². The van der Waals surface area contributed by atoms with Gasteiger partial charge in [0.25, 0.3) is 0 Å². The number of ether oxygens (including phenoxy) is 1. The first-order chi connectivity index (χ1) is 6.79. The lowest BCUT2D eigenvalue weighted by Crippen LogP contribution is -2.19. The third-order valence-corrected chi connectivity index (χ3v) is 2.98. The molecule has 86 valence electrons. The van der Waals surface area contributed by atoms with Crippen molar-refractivity contribution >= 4 is 13.6 Å². The van der Waals surface area contributed by atoms with Crippen LogP contribution in [0.1, 0.15) is 13.3 Å². The molecule has 0 fully saturated rings. The van der Waals surface area contributed by atoms with Gasteiger partial charge in [-0.15, -0.1) is 6.58 Å². The topological polar surface area (TPSA) is 83.8 Å². The highest BCUT2D eigenvalue weighted by Crippen LogP contribution is 2.43. The predicted molar refractivity (Wildman–Crippen MR) is 56.4 cm³/mol. The van der Waals surface area contributed by atoms with Gasteiger partial charge in [0.2, 0.25) is 0 Å². The molecule has 15 heavy (non-hydrogen) atoms. The van der Waals surface area contributed by atoms with Gasteiger partial charge >= 0.3 is 13.6 Å². The first kappa shape index (κ1) is 14.1. The summed E-state index contributed by atoms with van der Waals surface area (Å²) < 4.78 is 15.6. The normalized spacial score (nSPS) is 13.0. The van der Waals surface area contributed by atoms with Crippen LogP contribution in [0.3, 0.4) is 0 Å². The molecular formula is C9H15O5P. The monoisotopic (exact) mass is 234 g/mol. The van der Waals surface area contributed by atoms with Crippen molar-refractivity contribution in [2.45, 2.75) is 19.0 Å². The molecule has 0 radical (unpaired) electrons. The van der Waals surface area contributed by atoms with E-state index in [4.69, 9.17) is 9.79 Å². The minimum atomic E-state index is -4.26. The SMILES string of the molecule is C=CCC(COC(=O)C(=C)C)P(=O)(O)O. The van der Waals surface area contributed by atoms with Crippen LogP contribution in [0.15, 0.2) is 24.8 Å². The molecule has 5 nitrogen and oxygen atoms in total. The van der Waals surface area contributed by atoms with E-state index < -0.39 is 19.2 Å². The van der Waals surface area contributed by atoms with Crippen molar-refractivity contribution in [3.63, 3.8) is 0 Å². The van der Waals surface area contributed by atoms with E-state index in [9.17, 15) is 9.36 Å². The van der Waals surface area contributed by atoms with E-state index >= 15 is 0 Å². The minimum Gasteiger partial charge on any atom is -0.461 e. The Morgan fingerprint density at radius 2 is 2.13 bits per heavy atom. The van der Waals surface area contributed by atoms with Crippen molar-refractivity contribution in [1.82, 2.24) is 0 Å². The standard InChI is InChI=1S/C9H15O5P/c1-4-5-8(15(11,12)13)6-14-9(10)7(2)3/h4,8H,1-2,5-6H2,3H3,(H2,11,12,13). The molecular weight excluding hydrogens is 219 g/mol. The number of hydrogen-bond donors (Lipinski definition) is 2. The molecule has 1 atom stereocenters. The Morgan fingerprint density at radius 3 is 2.47 bits per heavy atom. The van der Waals surface area contributed by atoms with Crippen LogP contribution in [0.2, 0.25) is 0 Å². The summed E-state index contributed by atoms with van der Waals surface area (Å²) in [5.74, 6) is -0.655. The minimum absolute atomic E-state index is 0.0910. The predicted octanol–water partition coefficient (Wildman–Crippen LogP) is 1.23. The summed E-state index contributed by atoms with van der Waals surface area (Å²) in [6, 6.07) is 0. The van der Waals surface area contributed by atoms with E-state index in [0.29, 0.717) is 0 Å². The van der Waals surface area contributed by atoms with Gasteiger partial charge in [0.15, 0.2) is 0 Å². The average Bonchev–Trinajstić information content (AvgIpc) is 2.09. The van der Waals surface area contributed by atoms with Gasteiger partial charge in [0.1, 0.15) is 6.61 Å². The smallest absolute Gasteiger partial charge is 0.333 e. The lowest BCUT2D eigenvalue weighted by atomic mass is 10.3. The Morgan fingerprint density at radius 1 is 1.60 bits per heavy atom. The van der Waals surface area contributed by atoms with Crippen LogP contribution < -0.4 is 0 Å². The van der Waals surface area contributed by atoms with E-state index in [0.717, 1.165) is 0 Å². The van der Waals surface area contributed by atoms with Crippen LogP contribution in [-0.4, -0.2) is 28.0 Å². The van der Waals surface area contributed by atoms with Crippen LogP contribution >= 0.6 is 7.60 Å². The van der Waals surface area contributed by atoms with Gasteiger partial charge in [-0.1, -0.05) is 12.7 Å². The number of esters is 1. The highest BCUT2D eigenvalue weighted by molar-refractivity contribution is 7.52. The zero-order chi connectivity index (χ0) is 12.1. The molecule has 2 N–H and O–H groups in total. The van der Waals surface area contributed by atoms with Crippen molar-refractivity contribution in [3.05, 3.63) is 24.8 Å². The van der Waals surface area contributed by atoms with Crippen molar-refractivity contribution < 1.29 is 23.9 Å². The van der Waals surface area contributed by atoms with Crippen molar-refractivity contribution in [2.24, 2.45) is 0 Å². The maximum Gasteiger partial charge on any atom is 0.333 e. The van der Waals surface area contributed by atoms with Crippen LogP contribution in [0.5, 0.6) is 0 Å². The van der Waals surface area contributed by atoms with Crippen molar-refractivity contribution in [2.75, 3.05) is 6.61 Å². The summed E-state index contributed by atoms with van der Waals surface area (Å²) in [5, 5.41) is 0. The molecule has 0 amide bonds. The molecule has 1 unspecified atom stereocenters. The highest BCUT2D eigenvalue weighted by Gasteiger charge is 2.28. The summed E-state index contributed by atoms with van der Waals surface area (Å²) >= 11 is 0. The first-order valence-corrected chi connectivity index (χ1v) is 5.96. The van der Waals surface area contributed by atoms with Crippen molar-refractivity contribution in [3.8, 4) is 0 Å². The number of rotatable bonds is 6. The van der Waals surface area contributed by atoms with Crippen LogP contribution in [0, 0.1) is 0 Å². The Bertz CT molecular complexity index is 304. The molecule has 0 aliphatic rings. The van der Waals surface area contributed by atoms with Gasteiger partial charge in [0, 0.05) is 5.57 Å². The Balaban J connectivity index is 4.32. The highest BCUT2D eigenvalue weighted by atomic mass is 31.2. The summed E-state index contributed by atoms with van der Waals surface area (Å²) in [4.78, 5) is 28.8. The maximum atomic E-state index is 11.0. The molecule has 0 aliphatic carbocycles. The van der Waals surface area contributed by atoms with Crippen LogP contribution in [0.4, 0.5) is 0 Å². The molecule has 6 heteroatoms. The molecule has 0 heterocycles. The fourth-order valence-electron chi connectivity index (χ4n) is 0.790. The molecule has 0 aromatic heterocycles. The van der Waals surface area contributed by atoms with E-state index in [-0.39, 0.29) is 18.6 Å². The molecule has 0 aromatic carbocycles. The second kappa shape index (κ2) is 5.85. The van der Waals surface area contributed by atoms with E-state index in [2.05, 4.69) is 17.9 Å². The number of carbonyl (C=O) groups is 1. The zero-order valence-electron chi connectivity index (χ0n) is 8.55. The second-order valence-corrected chi connectivity index (χ2v) is 5.05. The first-order valence-electron chi connectivity index (χ1n) is 4.27. The molecule has 0 spiro atoms. The number of carbonyl (C=O) groups excluding carboxylic acids is 1. The molecule has 0 aromatic rings. The Hall–Kier alpha value is -0.900. The quantitative estimate of drug-likeness (QED) is 0.312. The third-order valence-electron chi connectivity index (χ3n) is 1.67. The summed E-state index contributed by atoms with van der Waals surface area (Å²) in [6.45, 7) is 7.86. The Labute approximate surface area is 88.6 Å². The Kier molecular flexibility index (Phi) is 5.50. The molecule has 0 saturated carbocycles. The fraction of sp³-hybridized carbons (Fsp3) is 0.444. The largest absolute Gasteiger partial charge is 0.461 e. The third kappa shape index (κ3) is 5.52. The average molecular weight is 234 g/mol. The molecule has 0 bridgehead atoms. The van der Waals surface area contributed by atoms with Gasteiger partial charge in [-0.3, -0.25) is 4.57 Å². The van der Waals surface area contributed by atoms with Gasteiger partial charge in [-0.25, -0.2) is 4.79 Å². The van der Waals surface area contributed by atoms with Crippen LogP contribution in [0.25, 0.3) is 0 Å². The summed E-state index contributed by atoms with van der Waals surface area (Å²) in [7, 11) is -4.26. The lowest BCUT2D eigenvalue weighted by molar-refractivity contribution is -0.138. The molecule has 0 saturated heterocycles. The summed E-state index contributed by atoms with van der Waals surface area (Å²) in [6.07, 6.45) is 1.46. The van der Waals surface area contributed by atoms with Crippen molar-refractivity contribution in [1.29, 1.82) is 0 Å². The zero-order valence-corrected chi connectivity index (χ0v) is 9.44. The second-order valence-electron chi connectivity index (χ2n) is 3.15. The number of allylic oxidation sites excluding steroid dienone is 1. The fourth-order valence-corrected chi connectivity index (χ4v) is 1.48. The van der Waals surface area contributed by atoms with Gasteiger partial charge in [-0.2, -0.15) is 0 Å². The van der Waals surface area contributed by atoms with Gasteiger partial charge < -0.3 is 14.5 Å². The number of hydrogen-bond acceptors (Lipinski definition) is 3. The summed E-state index contributed by atoms with van der Waals surface area (Å²) in [5.41, 5.74) is -0.837. The lowest BCUT2D eigenvalue weighted by Gasteiger charge is -2.16.